The van der Waals surface area contributed by atoms with Crippen LogP contribution >= 0.6 is 0 Å². The molecule has 0 spiro atoms. The van der Waals surface area contributed by atoms with Crippen LogP contribution in [0.25, 0.3) is 0 Å². The molecule has 114 valence electrons. The fourth-order valence-electron chi connectivity index (χ4n) is 3.78. The van der Waals surface area contributed by atoms with Crippen LogP contribution in [-0.4, -0.2) is 25.3 Å². The van der Waals surface area contributed by atoms with Crippen LogP contribution in [0.3, 0.4) is 0 Å². The highest BCUT2D eigenvalue weighted by Crippen LogP contribution is 2.39. The number of ether oxygens (including phenoxy) is 1. The van der Waals surface area contributed by atoms with E-state index in [1.54, 1.807) is 0 Å². The number of likely N-dealkylation sites (N-methyl/N-ethyl adjacent to an activating group) is 1. The molecule has 1 fully saturated rings. The van der Waals surface area contributed by atoms with Crippen LogP contribution in [-0.2, 0) is 4.74 Å². The van der Waals surface area contributed by atoms with Crippen molar-refractivity contribution in [3.05, 3.63) is 0 Å². The molecule has 1 aliphatic rings. The van der Waals surface area contributed by atoms with Crippen molar-refractivity contribution in [1.82, 2.24) is 5.32 Å². The maximum Gasteiger partial charge on any atom is 0.0837 e. The molecule has 0 aromatic heterocycles. The van der Waals surface area contributed by atoms with E-state index in [0.29, 0.717) is 6.04 Å². The first-order chi connectivity index (χ1) is 9.04. The second-order valence-corrected chi connectivity index (χ2v) is 6.87. The number of nitrogens with one attached hydrogen (secondary N) is 1. The standard InChI is InChI=1S/C17H35NO/c1-6-19-17(12-8-10-15(4)13-17)16(18-5)11-7-9-14(2)3/h14-16,18H,6-13H2,1-5H3. The summed E-state index contributed by atoms with van der Waals surface area (Å²) in [7, 11) is 2.11. The first-order valence-electron chi connectivity index (χ1n) is 8.35. The van der Waals surface area contributed by atoms with Crippen LogP contribution in [0.2, 0.25) is 0 Å². The molecule has 19 heavy (non-hydrogen) atoms. The minimum Gasteiger partial charge on any atom is -0.374 e. The van der Waals surface area contributed by atoms with Gasteiger partial charge in [-0.1, -0.05) is 46.5 Å². The Labute approximate surface area is 120 Å². The van der Waals surface area contributed by atoms with Crippen LogP contribution in [0.1, 0.15) is 72.6 Å². The molecule has 3 unspecified atom stereocenters. The van der Waals surface area contributed by atoms with Gasteiger partial charge in [-0.2, -0.15) is 0 Å². The fraction of sp³-hybridized carbons (Fsp3) is 1.00. The van der Waals surface area contributed by atoms with Crippen molar-refractivity contribution in [2.75, 3.05) is 13.7 Å². The second-order valence-electron chi connectivity index (χ2n) is 6.87. The molecule has 0 saturated heterocycles. The Morgan fingerprint density at radius 2 is 2.05 bits per heavy atom. The van der Waals surface area contributed by atoms with Gasteiger partial charge in [-0.25, -0.2) is 0 Å². The molecule has 0 heterocycles. The molecule has 2 heteroatoms. The highest BCUT2D eigenvalue weighted by atomic mass is 16.5. The van der Waals surface area contributed by atoms with Crippen LogP contribution in [0.15, 0.2) is 0 Å². The molecule has 0 radical (unpaired) electrons. The molecule has 1 saturated carbocycles. The van der Waals surface area contributed by atoms with Gasteiger partial charge in [-0.05, 0) is 45.1 Å². The summed E-state index contributed by atoms with van der Waals surface area (Å²) >= 11 is 0. The van der Waals surface area contributed by atoms with Gasteiger partial charge in [0.15, 0.2) is 0 Å². The topological polar surface area (TPSA) is 21.3 Å². The van der Waals surface area contributed by atoms with Gasteiger partial charge in [0.25, 0.3) is 0 Å². The Kier molecular flexibility index (Phi) is 7.38. The molecule has 3 atom stereocenters. The van der Waals surface area contributed by atoms with Gasteiger partial charge in [0.2, 0.25) is 0 Å². The van der Waals surface area contributed by atoms with Gasteiger partial charge in [0.05, 0.1) is 5.60 Å². The third-order valence-electron chi connectivity index (χ3n) is 4.68. The maximum atomic E-state index is 6.29. The summed E-state index contributed by atoms with van der Waals surface area (Å²) in [4.78, 5) is 0. The second kappa shape index (κ2) is 8.26. The van der Waals surface area contributed by atoms with Gasteiger partial charge in [0, 0.05) is 12.6 Å². The summed E-state index contributed by atoms with van der Waals surface area (Å²) in [5.41, 5.74) is 0.0954. The Bertz CT molecular complexity index is 237. The van der Waals surface area contributed by atoms with E-state index in [1.165, 1.54) is 44.9 Å². The third kappa shape index (κ3) is 5.07. The monoisotopic (exact) mass is 269 g/mol. The van der Waals surface area contributed by atoms with Crippen LogP contribution in [0.4, 0.5) is 0 Å². The summed E-state index contributed by atoms with van der Waals surface area (Å²) in [5, 5.41) is 3.57. The van der Waals surface area contributed by atoms with E-state index in [1.807, 2.05) is 0 Å². The van der Waals surface area contributed by atoms with Crippen molar-refractivity contribution in [2.24, 2.45) is 11.8 Å². The lowest BCUT2D eigenvalue weighted by atomic mass is 9.73. The molecule has 0 aliphatic heterocycles. The third-order valence-corrected chi connectivity index (χ3v) is 4.68. The maximum absolute atomic E-state index is 6.29. The lowest BCUT2D eigenvalue weighted by molar-refractivity contribution is -0.101. The van der Waals surface area contributed by atoms with E-state index in [0.717, 1.165) is 18.4 Å². The largest absolute Gasteiger partial charge is 0.374 e. The van der Waals surface area contributed by atoms with Gasteiger partial charge in [-0.3, -0.25) is 0 Å². The zero-order chi connectivity index (χ0) is 14.3. The molecule has 1 N–H and O–H groups in total. The predicted molar refractivity (Wildman–Crippen MR) is 83.5 cm³/mol. The van der Waals surface area contributed by atoms with Crippen LogP contribution in [0, 0.1) is 11.8 Å². The zero-order valence-electron chi connectivity index (χ0n) is 13.8. The van der Waals surface area contributed by atoms with Crippen molar-refractivity contribution in [1.29, 1.82) is 0 Å². The Morgan fingerprint density at radius 3 is 2.58 bits per heavy atom. The van der Waals surface area contributed by atoms with E-state index >= 15 is 0 Å². The van der Waals surface area contributed by atoms with Crippen molar-refractivity contribution >= 4 is 0 Å². The minimum atomic E-state index is 0.0954. The normalized spacial score (nSPS) is 29.7. The molecule has 0 bridgehead atoms. The van der Waals surface area contributed by atoms with Crippen molar-refractivity contribution in [3.63, 3.8) is 0 Å². The molecule has 0 amide bonds. The molecule has 1 rings (SSSR count). The molecule has 0 aromatic rings. The molecule has 2 nitrogen and oxygen atoms in total. The smallest absolute Gasteiger partial charge is 0.0837 e. The van der Waals surface area contributed by atoms with Gasteiger partial charge in [0.1, 0.15) is 0 Å². The fourth-order valence-corrected chi connectivity index (χ4v) is 3.78. The average Bonchev–Trinajstić information content (AvgIpc) is 2.34. The number of hydrogen-bond donors (Lipinski definition) is 1. The zero-order valence-corrected chi connectivity index (χ0v) is 13.8. The highest BCUT2D eigenvalue weighted by Gasteiger charge is 2.41. The molecule has 1 aliphatic carbocycles. The van der Waals surface area contributed by atoms with Crippen LogP contribution < -0.4 is 5.32 Å². The summed E-state index contributed by atoms with van der Waals surface area (Å²) in [6, 6.07) is 0.522. The summed E-state index contributed by atoms with van der Waals surface area (Å²) in [6.45, 7) is 10.00. The average molecular weight is 269 g/mol. The van der Waals surface area contributed by atoms with E-state index < -0.39 is 0 Å². The van der Waals surface area contributed by atoms with Gasteiger partial charge < -0.3 is 10.1 Å². The predicted octanol–water partition coefficient (Wildman–Crippen LogP) is 4.39. The van der Waals surface area contributed by atoms with E-state index in [2.05, 4.69) is 40.1 Å². The van der Waals surface area contributed by atoms with Crippen LogP contribution in [0.5, 0.6) is 0 Å². The molecule has 0 aromatic carbocycles. The first kappa shape index (κ1) is 17.0. The summed E-state index contributed by atoms with van der Waals surface area (Å²) in [5.74, 6) is 1.62. The van der Waals surface area contributed by atoms with E-state index in [4.69, 9.17) is 4.74 Å². The Balaban J connectivity index is 2.64. The number of hydrogen-bond acceptors (Lipinski definition) is 2. The van der Waals surface area contributed by atoms with Crippen molar-refractivity contribution in [2.45, 2.75) is 84.3 Å². The van der Waals surface area contributed by atoms with Crippen molar-refractivity contribution < 1.29 is 4.74 Å². The Morgan fingerprint density at radius 1 is 1.32 bits per heavy atom. The molecular formula is C17H35NO. The quantitative estimate of drug-likeness (QED) is 0.706. The van der Waals surface area contributed by atoms with E-state index in [9.17, 15) is 0 Å². The highest BCUT2D eigenvalue weighted by molar-refractivity contribution is 4.96. The lowest BCUT2D eigenvalue weighted by Crippen LogP contribution is -2.54. The van der Waals surface area contributed by atoms with E-state index in [-0.39, 0.29) is 5.60 Å². The Hall–Kier alpha value is -0.0800. The number of rotatable bonds is 8. The van der Waals surface area contributed by atoms with Gasteiger partial charge >= 0.3 is 0 Å². The van der Waals surface area contributed by atoms with Gasteiger partial charge in [-0.15, -0.1) is 0 Å². The minimum absolute atomic E-state index is 0.0954. The lowest BCUT2D eigenvalue weighted by Gasteiger charge is -2.45. The first-order valence-corrected chi connectivity index (χ1v) is 8.35. The van der Waals surface area contributed by atoms with Crippen molar-refractivity contribution in [3.8, 4) is 0 Å². The molecular weight excluding hydrogens is 234 g/mol. The SMILES string of the molecule is CCOC1(C(CCCC(C)C)NC)CCCC(C)C1. The summed E-state index contributed by atoms with van der Waals surface area (Å²) in [6.07, 6.45) is 9.05. The summed E-state index contributed by atoms with van der Waals surface area (Å²) < 4.78 is 6.29.